The van der Waals surface area contributed by atoms with Gasteiger partial charge in [0.25, 0.3) is 0 Å². The summed E-state index contributed by atoms with van der Waals surface area (Å²) in [7, 11) is -2.87. The minimum absolute atomic E-state index is 0.177. The van der Waals surface area contributed by atoms with Gasteiger partial charge in [0.2, 0.25) is 0 Å². The third-order valence-electron chi connectivity index (χ3n) is 2.23. The summed E-state index contributed by atoms with van der Waals surface area (Å²) in [4.78, 5) is 16.4. The Morgan fingerprint density at radius 1 is 1.06 bits per heavy atom. The molecule has 0 bridgehead atoms. The summed E-state index contributed by atoms with van der Waals surface area (Å²) in [5.41, 5.74) is 0. The van der Waals surface area contributed by atoms with Gasteiger partial charge in [-0.1, -0.05) is 13.8 Å². The maximum absolute atomic E-state index is 8.78. The highest BCUT2D eigenvalue weighted by atomic mass is 31.1. The smallest absolute Gasteiger partial charge is 0.395 e. The van der Waals surface area contributed by atoms with E-state index in [1.807, 2.05) is 0 Å². The molecule has 0 spiro atoms. The number of aliphatic hydroxyl groups excluding tert-OH is 2. The highest BCUT2D eigenvalue weighted by molar-refractivity contribution is 7.30. The van der Waals surface area contributed by atoms with Gasteiger partial charge >= 0.3 is 8.25 Å². The molecule has 0 aliphatic heterocycles. The quantitative estimate of drug-likeness (QED) is 0.482. The van der Waals surface area contributed by atoms with Crippen LogP contribution in [0.25, 0.3) is 0 Å². The van der Waals surface area contributed by atoms with Gasteiger partial charge < -0.3 is 10.2 Å². The lowest BCUT2D eigenvalue weighted by atomic mass is 10.1. The second kappa shape index (κ2) is 13.0. The van der Waals surface area contributed by atoms with E-state index in [0.717, 1.165) is 12.8 Å². The summed E-state index contributed by atoms with van der Waals surface area (Å²) >= 11 is 0. The number of aliphatic hydroxyl groups is 2. The first-order valence-corrected chi connectivity index (χ1v) is 6.50. The summed E-state index contributed by atoms with van der Waals surface area (Å²) in [6.45, 7) is 5.97. The Kier molecular flexibility index (Phi) is 14.8. The van der Waals surface area contributed by atoms with Crippen molar-refractivity contribution in [2.24, 2.45) is 0 Å². The highest BCUT2D eigenvalue weighted by Gasteiger charge is 2.12. The van der Waals surface area contributed by atoms with Gasteiger partial charge in [-0.3, -0.25) is 4.90 Å². The van der Waals surface area contributed by atoms with Crippen LogP contribution in [0.4, 0.5) is 0 Å². The lowest BCUT2D eigenvalue weighted by Gasteiger charge is -2.28. The molecule has 0 unspecified atom stereocenters. The molecule has 0 aliphatic rings. The normalized spacial score (nSPS) is 10.2. The third kappa shape index (κ3) is 12.0. The molecule has 0 aromatic carbocycles. The van der Waals surface area contributed by atoms with Crippen LogP contribution in [-0.4, -0.2) is 57.2 Å². The maximum Gasteiger partial charge on any atom is 0.692 e. The summed E-state index contributed by atoms with van der Waals surface area (Å²) in [6, 6.07) is 0.504. The predicted molar refractivity (Wildman–Crippen MR) is 62.2 cm³/mol. The van der Waals surface area contributed by atoms with Crippen molar-refractivity contribution < 1.29 is 24.6 Å². The van der Waals surface area contributed by atoms with Crippen molar-refractivity contribution in [1.29, 1.82) is 0 Å². The SMILES string of the molecule is CCC(CC)N(CCO)CCO.O=[P+](O)O. The third-order valence-corrected chi connectivity index (χ3v) is 2.23. The van der Waals surface area contributed by atoms with Crippen molar-refractivity contribution in [3.05, 3.63) is 0 Å². The predicted octanol–water partition coefficient (Wildman–Crippen LogP) is 0.0900. The molecule has 7 heteroatoms. The summed E-state index contributed by atoms with van der Waals surface area (Å²) < 4.78 is 8.70. The Morgan fingerprint density at radius 2 is 1.38 bits per heavy atom. The molecule has 16 heavy (non-hydrogen) atoms. The molecule has 0 saturated carbocycles. The topological polar surface area (TPSA) is 101 Å². The Bertz CT molecular complexity index is 156. The lowest BCUT2D eigenvalue weighted by Crippen LogP contribution is -2.38. The van der Waals surface area contributed by atoms with Gasteiger partial charge in [-0.25, -0.2) is 0 Å². The van der Waals surface area contributed by atoms with Gasteiger partial charge in [-0.05, 0) is 12.8 Å². The zero-order chi connectivity index (χ0) is 13.0. The molecule has 0 saturated heterocycles. The van der Waals surface area contributed by atoms with Crippen LogP contribution in [0.5, 0.6) is 0 Å². The molecule has 98 valence electrons. The number of rotatable bonds is 7. The van der Waals surface area contributed by atoms with Crippen LogP contribution < -0.4 is 0 Å². The Labute approximate surface area is 97.5 Å². The minimum Gasteiger partial charge on any atom is -0.395 e. The molecule has 0 radical (unpaired) electrons. The average Bonchev–Trinajstić information content (AvgIpc) is 2.19. The van der Waals surface area contributed by atoms with E-state index in [2.05, 4.69) is 18.7 Å². The van der Waals surface area contributed by atoms with Crippen LogP contribution in [-0.2, 0) is 4.57 Å². The van der Waals surface area contributed by atoms with Crippen molar-refractivity contribution >= 4 is 8.25 Å². The fourth-order valence-corrected chi connectivity index (χ4v) is 1.54. The van der Waals surface area contributed by atoms with Gasteiger partial charge in [-0.2, -0.15) is 0 Å². The number of hydrogen-bond acceptors (Lipinski definition) is 4. The van der Waals surface area contributed by atoms with Crippen LogP contribution >= 0.6 is 8.25 Å². The molecule has 0 fully saturated rings. The van der Waals surface area contributed by atoms with Crippen molar-refractivity contribution in [3.8, 4) is 0 Å². The molecule has 0 aromatic heterocycles. The van der Waals surface area contributed by atoms with E-state index in [1.54, 1.807) is 0 Å². The van der Waals surface area contributed by atoms with E-state index < -0.39 is 8.25 Å². The van der Waals surface area contributed by atoms with Gasteiger partial charge in [0.05, 0.1) is 13.2 Å². The van der Waals surface area contributed by atoms with Gasteiger partial charge in [0.15, 0.2) is 0 Å². The molecule has 4 N–H and O–H groups in total. The average molecular weight is 256 g/mol. The van der Waals surface area contributed by atoms with Crippen molar-refractivity contribution in [3.63, 3.8) is 0 Å². The van der Waals surface area contributed by atoms with Crippen molar-refractivity contribution in [1.82, 2.24) is 4.90 Å². The monoisotopic (exact) mass is 256 g/mol. The van der Waals surface area contributed by atoms with Crippen LogP contribution in [0.15, 0.2) is 0 Å². The minimum atomic E-state index is -2.87. The zero-order valence-electron chi connectivity index (χ0n) is 9.91. The molecule has 0 aromatic rings. The standard InChI is InChI=1S/C9H21NO2.HO3P/c1-3-9(4-2)10(5-7-11)6-8-12;1-4(2)3/h9,11-12H,3-8H2,1-2H3;(H-,1,2,3)/p+1. The van der Waals surface area contributed by atoms with E-state index in [1.165, 1.54) is 0 Å². The van der Waals surface area contributed by atoms with E-state index in [9.17, 15) is 0 Å². The van der Waals surface area contributed by atoms with Gasteiger partial charge in [0, 0.05) is 23.7 Å². The maximum atomic E-state index is 8.78. The van der Waals surface area contributed by atoms with Gasteiger partial charge in [0.1, 0.15) is 0 Å². The van der Waals surface area contributed by atoms with Crippen LogP contribution in [0.3, 0.4) is 0 Å². The van der Waals surface area contributed by atoms with Crippen LogP contribution in [0.2, 0.25) is 0 Å². The Morgan fingerprint density at radius 3 is 1.56 bits per heavy atom. The first kappa shape index (κ1) is 18.3. The molecule has 0 rings (SSSR count). The molecular weight excluding hydrogens is 233 g/mol. The van der Waals surface area contributed by atoms with E-state index in [-0.39, 0.29) is 13.2 Å². The van der Waals surface area contributed by atoms with Crippen molar-refractivity contribution in [2.75, 3.05) is 26.3 Å². The molecule has 0 aliphatic carbocycles. The van der Waals surface area contributed by atoms with Crippen LogP contribution in [0, 0.1) is 0 Å². The Balaban J connectivity index is 0. The molecule has 0 amide bonds. The number of hydrogen-bond donors (Lipinski definition) is 4. The van der Waals surface area contributed by atoms with Crippen molar-refractivity contribution in [2.45, 2.75) is 32.7 Å². The van der Waals surface area contributed by atoms with E-state index in [0.29, 0.717) is 19.1 Å². The lowest BCUT2D eigenvalue weighted by molar-refractivity contribution is 0.117. The summed E-state index contributed by atoms with van der Waals surface area (Å²) in [6.07, 6.45) is 2.16. The zero-order valence-corrected chi connectivity index (χ0v) is 10.8. The molecule has 0 heterocycles. The fourth-order valence-electron chi connectivity index (χ4n) is 1.54. The molecule has 6 nitrogen and oxygen atoms in total. The molecular formula is C9H23NO5P+. The summed E-state index contributed by atoms with van der Waals surface area (Å²) in [5.74, 6) is 0. The summed E-state index contributed by atoms with van der Waals surface area (Å²) in [5, 5.41) is 17.6. The first-order valence-electron chi connectivity index (χ1n) is 5.34. The van der Waals surface area contributed by atoms with Gasteiger partial charge in [-0.15, -0.1) is 9.79 Å². The number of nitrogens with zero attached hydrogens (tertiary/aromatic N) is 1. The first-order chi connectivity index (χ1) is 7.53. The van der Waals surface area contributed by atoms with E-state index >= 15 is 0 Å². The second-order valence-corrected chi connectivity index (χ2v) is 3.71. The largest absolute Gasteiger partial charge is 0.692 e. The highest BCUT2D eigenvalue weighted by Crippen LogP contribution is 2.06. The Hall–Kier alpha value is -0.100. The van der Waals surface area contributed by atoms with Crippen LogP contribution in [0.1, 0.15) is 26.7 Å². The second-order valence-electron chi connectivity index (χ2n) is 3.21. The van der Waals surface area contributed by atoms with E-state index in [4.69, 9.17) is 24.6 Å². The fraction of sp³-hybridized carbons (Fsp3) is 1.00. The molecule has 0 atom stereocenters.